The molecule has 2 atom stereocenters. The molecule has 2 nitrogen and oxygen atoms in total. The van der Waals surface area contributed by atoms with Gasteiger partial charge in [0, 0.05) is 10.2 Å². The molecule has 138 valence electrons. The van der Waals surface area contributed by atoms with Crippen LogP contribution < -0.4 is 0 Å². The predicted octanol–water partition coefficient (Wildman–Crippen LogP) is 6.86. The van der Waals surface area contributed by atoms with Crippen LogP contribution in [0.15, 0.2) is 30.8 Å². The van der Waals surface area contributed by atoms with Crippen molar-refractivity contribution in [3.8, 4) is 0 Å². The number of benzene rings is 1. The van der Waals surface area contributed by atoms with Gasteiger partial charge in [0.1, 0.15) is 0 Å². The van der Waals surface area contributed by atoms with E-state index in [0.29, 0.717) is 0 Å². The second kappa shape index (κ2) is 10.7. The minimum absolute atomic E-state index is 0.115. The zero-order valence-electron chi connectivity index (χ0n) is 15.5. The second-order valence-electron chi connectivity index (χ2n) is 7.10. The summed E-state index contributed by atoms with van der Waals surface area (Å²) in [6.45, 7) is 6.41. The topological polar surface area (TPSA) is 37.3 Å². The van der Waals surface area contributed by atoms with Gasteiger partial charge in [0.05, 0.1) is 5.92 Å². The summed E-state index contributed by atoms with van der Waals surface area (Å²) in [5.41, 5.74) is 1.96. The van der Waals surface area contributed by atoms with Crippen molar-refractivity contribution in [1.82, 2.24) is 0 Å². The Morgan fingerprint density at radius 2 is 1.64 bits per heavy atom. The zero-order valence-corrected chi connectivity index (χ0v) is 16.3. The van der Waals surface area contributed by atoms with Crippen LogP contribution >= 0.6 is 11.8 Å². The van der Waals surface area contributed by atoms with Gasteiger partial charge >= 0.3 is 5.97 Å². The van der Waals surface area contributed by atoms with Crippen molar-refractivity contribution in [2.24, 2.45) is 0 Å². The summed E-state index contributed by atoms with van der Waals surface area (Å²) in [6, 6.07) is 7.86. The monoisotopic (exact) mass is 360 g/mol. The van der Waals surface area contributed by atoms with E-state index in [0.717, 1.165) is 28.9 Å². The van der Waals surface area contributed by atoms with Gasteiger partial charge in [-0.15, -0.1) is 11.8 Å². The van der Waals surface area contributed by atoms with E-state index in [2.05, 4.69) is 13.5 Å². The van der Waals surface area contributed by atoms with Crippen LogP contribution in [-0.4, -0.2) is 16.3 Å². The quantitative estimate of drug-likeness (QED) is 0.438. The Labute approximate surface area is 157 Å². The van der Waals surface area contributed by atoms with Crippen molar-refractivity contribution in [2.45, 2.75) is 82.3 Å². The van der Waals surface area contributed by atoms with Gasteiger partial charge < -0.3 is 5.11 Å². The molecule has 0 saturated heterocycles. The fourth-order valence-corrected chi connectivity index (χ4v) is 5.07. The van der Waals surface area contributed by atoms with E-state index in [1.165, 1.54) is 51.4 Å². The first-order valence-electron chi connectivity index (χ1n) is 9.82. The maximum absolute atomic E-state index is 11.9. The molecule has 0 unspecified atom stereocenters. The van der Waals surface area contributed by atoms with E-state index in [-0.39, 0.29) is 5.25 Å². The van der Waals surface area contributed by atoms with Crippen LogP contribution in [0.3, 0.4) is 0 Å². The lowest BCUT2D eigenvalue weighted by Crippen LogP contribution is -2.27. The molecule has 1 aromatic rings. The fourth-order valence-electron chi connectivity index (χ4n) is 3.71. The third-order valence-electron chi connectivity index (χ3n) is 5.12. The first-order valence-corrected chi connectivity index (χ1v) is 10.7. The van der Waals surface area contributed by atoms with Gasteiger partial charge in [0.2, 0.25) is 0 Å². The van der Waals surface area contributed by atoms with E-state index >= 15 is 0 Å². The average molecular weight is 361 g/mol. The Balaban J connectivity index is 1.78. The first kappa shape index (κ1) is 20.1. The van der Waals surface area contributed by atoms with Gasteiger partial charge in [-0.2, -0.15) is 0 Å². The van der Waals surface area contributed by atoms with Crippen LogP contribution in [0.1, 0.15) is 88.2 Å². The van der Waals surface area contributed by atoms with Crippen molar-refractivity contribution in [1.29, 1.82) is 0 Å². The summed E-state index contributed by atoms with van der Waals surface area (Å²) in [7, 11) is 0. The largest absolute Gasteiger partial charge is 0.481 e. The van der Waals surface area contributed by atoms with Crippen molar-refractivity contribution in [2.75, 3.05) is 0 Å². The molecule has 0 aliphatic carbocycles. The van der Waals surface area contributed by atoms with Crippen molar-refractivity contribution < 1.29 is 9.90 Å². The predicted molar refractivity (Wildman–Crippen MR) is 109 cm³/mol. The molecule has 0 fully saturated rings. The molecule has 1 N–H and O–H groups in total. The van der Waals surface area contributed by atoms with Gasteiger partial charge in [-0.25, -0.2) is 0 Å². The number of hydrogen-bond donors (Lipinski definition) is 1. The number of carboxylic acids is 1. The maximum Gasteiger partial charge on any atom is 0.312 e. The normalized spacial score (nSPS) is 19.6. The van der Waals surface area contributed by atoms with Crippen molar-refractivity contribution >= 4 is 22.6 Å². The molecule has 1 heterocycles. The smallest absolute Gasteiger partial charge is 0.312 e. The van der Waals surface area contributed by atoms with E-state index in [1.54, 1.807) is 11.8 Å². The third-order valence-corrected chi connectivity index (χ3v) is 6.43. The molecule has 0 saturated carbocycles. The van der Waals surface area contributed by atoms with Crippen LogP contribution in [0.2, 0.25) is 0 Å². The molecule has 0 amide bonds. The molecule has 0 radical (unpaired) electrons. The molecule has 0 spiro atoms. The number of rotatable bonds is 11. The van der Waals surface area contributed by atoms with Crippen molar-refractivity contribution in [3.63, 3.8) is 0 Å². The Kier molecular flexibility index (Phi) is 8.60. The number of aliphatic carboxylic acids is 1. The zero-order chi connectivity index (χ0) is 18.1. The molecule has 2 rings (SSSR count). The Morgan fingerprint density at radius 3 is 2.28 bits per heavy atom. The van der Waals surface area contributed by atoms with Gasteiger partial charge in [-0.3, -0.25) is 4.79 Å². The van der Waals surface area contributed by atoms with E-state index < -0.39 is 11.9 Å². The summed E-state index contributed by atoms with van der Waals surface area (Å²) < 4.78 is 0. The lowest BCUT2D eigenvalue weighted by molar-refractivity contribution is -0.138. The van der Waals surface area contributed by atoms with Crippen LogP contribution in [0.25, 0.3) is 4.91 Å². The van der Waals surface area contributed by atoms with Crippen LogP contribution in [0.5, 0.6) is 0 Å². The van der Waals surface area contributed by atoms with E-state index in [1.807, 2.05) is 24.3 Å². The Bertz CT molecular complexity index is 567. The SMILES string of the molecule is C=C1S[C@@H](CCCCCCCCCCC)[C@H](C(=O)O)c2ccccc21. The Morgan fingerprint density at radius 1 is 1.04 bits per heavy atom. The lowest BCUT2D eigenvalue weighted by atomic mass is 9.88. The number of carboxylic acid groups (broad SMARTS) is 1. The highest BCUT2D eigenvalue weighted by atomic mass is 32.2. The summed E-state index contributed by atoms with van der Waals surface area (Å²) >= 11 is 1.67. The van der Waals surface area contributed by atoms with Crippen molar-refractivity contribution in [3.05, 3.63) is 42.0 Å². The highest BCUT2D eigenvalue weighted by Crippen LogP contribution is 2.47. The first-order chi connectivity index (χ1) is 12.1. The highest BCUT2D eigenvalue weighted by Gasteiger charge is 2.36. The molecule has 3 heteroatoms. The maximum atomic E-state index is 11.9. The summed E-state index contributed by atoms with van der Waals surface area (Å²) in [4.78, 5) is 12.9. The summed E-state index contributed by atoms with van der Waals surface area (Å²) in [5.74, 6) is -1.10. The van der Waals surface area contributed by atoms with Gasteiger partial charge in [-0.1, -0.05) is 95.6 Å². The van der Waals surface area contributed by atoms with E-state index in [9.17, 15) is 9.90 Å². The molecule has 25 heavy (non-hydrogen) atoms. The molecule has 1 aromatic carbocycles. The highest BCUT2D eigenvalue weighted by molar-refractivity contribution is 8.09. The Hall–Kier alpha value is -1.22. The number of carbonyl (C=O) groups is 1. The van der Waals surface area contributed by atoms with Crippen LogP contribution in [0, 0.1) is 0 Å². The molecule has 1 aliphatic heterocycles. The average Bonchev–Trinajstić information content (AvgIpc) is 2.60. The third kappa shape index (κ3) is 5.91. The number of unbranched alkanes of at least 4 members (excludes halogenated alkanes) is 8. The molecule has 0 bridgehead atoms. The standard InChI is InChI=1S/C22H32O2S/c1-3-4-5-6-7-8-9-10-11-16-20-21(22(23)24)19-15-13-12-14-18(19)17(2)25-20/h12-15,20-21H,2-11,16H2,1H3,(H,23,24)/t20-,21+/m0/s1. The van der Waals surface area contributed by atoms with Gasteiger partial charge in [0.25, 0.3) is 0 Å². The molecular formula is C22H32O2S. The van der Waals surface area contributed by atoms with Crippen LogP contribution in [-0.2, 0) is 4.79 Å². The molecule has 1 aliphatic rings. The van der Waals surface area contributed by atoms with Crippen LogP contribution in [0.4, 0.5) is 0 Å². The number of thioether (sulfide) groups is 1. The summed E-state index contributed by atoms with van der Waals surface area (Å²) in [6.07, 6.45) is 12.6. The van der Waals surface area contributed by atoms with Gasteiger partial charge in [-0.05, 0) is 17.5 Å². The second-order valence-corrected chi connectivity index (χ2v) is 8.43. The minimum atomic E-state index is -0.701. The fraction of sp³-hybridized carbons (Fsp3) is 0.591. The molecule has 0 aromatic heterocycles. The van der Waals surface area contributed by atoms with Gasteiger partial charge in [0.15, 0.2) is 0 Å². The number of hydrogen-bond acceptors (Lipinski definition) is 2. The van der Waals surface area contributed by atoms with E-state index in [4.69, 9.17) is 0 Å². The summed E-state index contributed by atoms with van der Waals surface area (Å²) in [5, 5.41) is 9.86. The number of fused-ring (bicyclic) bond motifs is 1. The molecular weight excluding hydrogens is 328 g/mol. The lowest BCUT2D eigenvalue weighted by Gasteiger charge is -2.31. The minimum Gasteiger partial charge on any atom is -0.481 e.